The average Bonchev–Trinajstić information content (AvgIpc) is 2.62. The van der Waals surface area contributed by atoms with E-state index in [0.29, 0.717) is 24.2 Å². The van der Waals surface area contributed by atoms with Crippen molar-refractivity contribution in [3.63, 3.8) is 0 Å². The fourth-order valence-electron chi connectivity index (χ4n) is 2.71. The minimum Gasteiger partial charge on any atom is -0.469 e. The topological polar surface area (TPSA) is 72.9 Å². The molecule has 0 spiro atoms. The van der Waals surface area contributed by atoms with E-state index in [9.17, 15) is 14.4 Å². The average molecular weight is 343 g/mol. The first-order chi connectivity index (χ1) is 12.0. The van der Waals surface area contributed by atoms with Gasteiger partial charge in [0.1, 0.15) is 0 Å². The van der Waals surface area contributed by atoms with E-state index < -0.39 is 11.9 Å². The van der Waals surface area contributed by atoms with Gasteiger partial charge in [0.05, 0.1) is 26.2 Å². The number of hydrogen-bond acceptors (Lipinski definition) is 6. The summed E-state index contributed by atoms with van der Waals surface area (Å²) in [6.07, 6.45) is 1.50. The van der Waals surface area contributed by atoms with Gasteiger partial charge in [0.2, 0.25) is 0 Å². The molecule has 1 aliphatic rings. The maximum Gasteiger partial charge on any atom is 0.339 e. The van der Waals surface area contributed by atoms with E-state index in [0.717, 1.165) is 5.56 Å². The highest BCUT2D eigenvalue weighted by Gasteiger charge is 2.29. The van der Waals surface area contributed by atoms with Gasteiger partial charge in [-0.25, -0.2) is 4.79 Å². The Labute approximate surface area is 146 Å². The molecule has 0 amide bonds. The van der Waals surface area contributed by atoms with E-state index in [1.165, 1.54) is 21.1 Å². The van der Waals surface area contributed by atoms with Crippen LogP contribution in [0, 0.1) is 0 Å². The molecule has 25 heavy (non-hydrogen) atoms. The Morgan fingerprint density at radius 3 is 2.32 bits per heavy atom. The quantitative estimate of drug-likeness (QED) is 0.736. The SMILES string of the molecule is COC(=O)CC1=C(C(C)=O)CN(Cc2ccccc2)C=C1C(=O)OC. The largest absolute Gasteiger partial charge is 0.469 e. The molecule has 0 fully saturated rings. The molecular formula is C19H21NO5. The number of ether oxygens (including phenoxy) is 2. The number of Topliss-reactive ketones (excluding diaryl/α,β-unsaturated/α-hetero) is 1. The van der Waals surface area contributed by atoms with E-state index in [1.807, 2.05) is 35.2 Å². The second-order valence-corrected chi connectivity index (χ2v) is 5.69. The lowest BCUT2D eigenvalue weighted by Gasteiger charge is -2.29. The number of benzene rings is 1. The highest BCUT2D eigenvalue weighted by Crippen LogP contribution is 2.28. The van der Waals surface area contributed by atoms with Crippen molar-refractivity contribution < 1.29 is 23.9 Å². The molecule has 6 nitrogen and oxygen atoms in total. The molecule has 1 aliphatic heterocycles. The molecule has 6 heteroatoms. The molecule has 1 heterocycles. The Kier molecular flexibility index (Phi) is 6.11. The minimum atomic E-state index is -0.588. The van der Waals surface area contributed by atoms with Crippen LogP contribution in [-0.2, 0) is 30.4 Å². The number of rotatable bonds is 6. The monoisotopic (exact) mass is 343 g/mol. The van der Waals surface area contributed by atoms with Crippen LogP contribution in [0.15, 0.2) is 53.3 Å². The third kappa shape index (κ3) is 4.56. The molecule has 132 valence electrons. The summed E-state index contributed by atoms with van der Waals surface area (Å²) in [4.78, 5) is 37.9. The van der Waals surface area contributed by atoms with E-state index in [4.69, 9.17) is 4.74 Å². The summed E-state index contributed by atoms with van der Waals surface area (Å²) in [5.41, 5.74) is 2.04. The molecule has 2 rings (SSSR count). The molecule has 0 aromatic heterocycles. The van der Waals surface area contributed by atoms with E-state index >= 15 is 0 Å². The molecule has 1 aromatic carbocycles. The lowest BCUT2D eigenvalue weighted by atomic mass is 9.92. The summed E-state index contributed by atoms with van der Waals surface area (Å²) in [6, 6.07) is 9.70. The molecule has 0 saturated carbocycles. The second-order valence-electron chi connectivity index (χ2n) is 5.69. The van der Waals surface area contributed by atoms with Crippen LogP contribution in [0.2, 0.25) is 0 Å². The summed E-state index contributed by atoms with van der Waals surface area (Å²) in [7, 11) is 2.53. The van der Waals surface area contributed by atoms with Crippen LogP contribution in [0.3, 0.4) is 0 Å². The first kappa shape index (κ1) is 18.4. The van der Waals surface area contributed by atoms with Crippen molar-refractivity contribution in [3.05, 3.63) is 58.8 Å². The van der Waals surface area contributed by atoms with E-state index in [-0.39, 0.29) is 17.8 Å². The molecule has 0 saturated heterocycles. The normalized spacial score (nSPS) is 14.0. The van der Waals surface area contributed by atoms with Crippen LogP contribution in [0.5, 0.6) is 0 Å². The number of carbonyl (C=O) groups is 3. The van der Waals surface area contributed by atoms with Crippen molar-refractivity contribution in [2.75, 3.05) is 20.8 Å². The number of methoxy groups -OCH3 is 2. The van der Waals surface area contributed by atoms with Gasteiger partial charge in [-0.05, 0) is 18.1 Å². The van der Waals surface area contributed by atoms with Crippen molar-refractivity contribution in [1.82, 2.24) is 4.90 Å². The molecule has 0 bridgehead atoms. The van der Waals surface area contributed by atoms with Gasteiger partial charge in [-0.1, -0.05) is 30.3 Å². The van der Waals surface area contributed by atoms with Crippen LogP contribution in [0.1, 0.15) is 18.9 Å². The van der Waals surface area contributed by atoms with Gasteiger partial charge in [-0.3, -0.25) is 9.59 Å². The van der Waals surface area contributed by atoms with Gasteiger partial charge < -0.3 is 14.4 Å². The number of ketones is 1. The van der Waals surface area contributed by atoms with Gasteiger partial charge in [-0.2, -0.15) is 0 Å². The summed E-state index contributed by atoms with van der Waals surface area (Å²) >= 11 is 0. The Morgan fingerprint density at radius 1 is 1.08 bits per heavy atom. The number of nitrogens with zero attached hydrogens (tertiary/aromatic N) is 1. The van der Waals surface area contributed by atoms with Gasteiger partial charge in [0.15, 0.2) is 5.78 Å². The summed E-state index contributed by atoms with van der Waals surface area (Å²) in [5, 5.41) is 0. The summed E-state index contributed by atoms with van der Waals surface area (Å²) in [5.74, 6) is -1.29. The standard InChI is InChI=1S/C19H21NO5/c1-13(21)16-11-20(10-14-7-5-4-6-8-14)12-17(19(23)25-3)15(16)9-18(22)24-2/h4-8,12H,9-11H2,1-3H3. The predicted octanol–water partition coefficient (Wildman–Crippen LogP) is 2.01. The van der Waals surface area contributed by atoms with Gasteiger partial charge >= 0.3 is 11.9 Å². The maximum atomic E-state index is 12.2. The van der Waals surface area contributed by atoms with Gasteiger partial charge in [0.25, 0.3) is 0 Å². The summed E-state index contributed by atoms with van der Waals surface area (Å²) in [6.45, 7) is 2.27. The molecule has 0 radical (unpaired) electrons. The third-order valence-electron chi connectivity index (χ3n) is 3.97. The van der Waals surface area contributed by atoms with Crippen LogP contribution < -0.4 is 0 Å². The molecule has 0 unspecified atom stereocenters. The van der Waals surface area contributed by atoms with E-state index in [1.54, 1.807) is 6.20 Å². The van der Waals surface area contributed by atoms with Gasteiger partial charge in [0, 0.05) is 24.9 Å². The number of esters is 2. The van der Waals surface area contributed by atoms with Gasteiger partial charge in [-0.15, -0.1) is 0 Å². The Bertz CT molecular complexity index is 733. The highest BCUT2D eigenvalue weighted by atomic mass is 16.5. The fraction of sp³-hybridized carbons (Fsp3) is 0.316. The maximum absolute atomic E-state index is 12.2. The van der Waals surface area contributed by atoms with Crippen molar-refractivity contribution in [1.29, 1.82) is 0 Å². The molecule has 1 aromatic rings. The summed E-state index contributed by atoms with van der Waals surface area (Å²) < 4.78 is 9.52. The lowest BCUT2D eigenvalue weighted by Crippen LogP contribution is -2.31. The zero-order valence-corrected chi connectivity index (χ0v) is 14.6. The van der Waals surface area contributed by atoms with E-state index in [2.05, 4.69) is 4.74 Å². The first-order valence-corrected chi connectivity index (χ1v) is 7.84. The predicted molar refractivity (Wildman–Crippen MR) is 91.3 cm³/mol. The Morgan fingerprint density at radius 2 is 1.76 bits per heavy atom. The molecule has 0 aliphatic carbocycles. The zero-order chi connectivity index (χ0) is 18.4. The minimum absolute atomic E-state index is 0.147. The smallest absolute Gasteiger partial charge is 0.339 e. The van der Waals surface area contributed by atoms with Crippen LogP contribution in [-0.4, -0.2) is 43.4 Å². The Hall–Kier alpha value is -2.89. The number of carbonyl (C=O) groups excluding carboxylic acids is 3. The lowest BCUT2D eigenvalue weighted by molar-refractivity contribution is -0.139. The van der Waals surface area contributed by atoms with Crippen molar-refractivity contribution in [3.8, 4) is 0 Å². The fourth-order valence-corrected chi connectivity index (χ4v) is 2.71. The van der Waals surface area contributed by atoms with Crippen LogP contribution in [0.25, 0.3) is 0 Å². The Balaban J connectivity index is 2.40. The highest BCUT2D eigenvalue weighted by molar-refractivity contribution is 6.03. The number of hydrogen-bond donors (Lipinski definition) is 0. The zero-order valence-electron chi connectivity index (χ0n) is 14.6. The third-order valence-corrected chi connectivity index (χ3v) is 3.97. The first-order valence-electron chi connectivity index (χ1n) is 7.84. The van der Waals surface area contributed by atoms with Crippen molar-refractivity contribution >= 4 is 17.7 Å². The van der Waals surface area contributed by atoms with Crippen LogP contribution >= 0.6 is 0 Å². The van der Waals surface area contributed by atoms with Crippen molar-refractivity contribution in [2.45, 2.75) is 19.9 Å². The van der Waals surface area contributed by atoms with Crippen molar-refractivity contribution in [2.24, 2.45) is 0 Å². The molecular weight excluding hydrogens is 322 g/mol. The second kappa shape index (κ2) is 8.28. The van der Waals surface area contributed by atoms with Crippen LogP contribution in [0.4, 0.5) is 0 Å². The molecule has 0 atom stereocenters. The molecule has 0 N–H and O–H groups in total.